The zero-order chi connectivity index (χ0) is 13.8. The summed E-state index contributed by atoms with van der Waals surface area (Å²) < 4.78 is 0. The lowest BCUT2D eigenvalue weighted by molar-refractivity contribution is 0.318. The fourth-order valence-electron chi connectivity index (χ4n) is 1.76. The normalized spacial score (nSPS) is 11.6. The molecule has 0 atom stereocenters. The van der Waals surface area contributed by atoms with Gasteiger partial charge in [0.15, 0.2) is 5.84 Å². The molecule has 0 aliphatic carbocycles. The molecule has 0 spiro atoms. The van der Waals surface area contributed by atoms with Crippen LogP contribution in [0.2, 0.25) is 0 Å². The van der Waals surface area contributed by atoms with Crippen LogP contribution in [0, 0.1) is 13.8 Å². The fourth-order valence-corrected chi connectivity index (χ4v) is 2.82. The van der Waals surface area contributed by atoms with Crippen LogP contribution in [-0.4, -0.2) is 21.0 Å². The van der Waals surface area contributed by atoms with Gasteiger partial charge in [0, 0.05) is 22.5 Å². The maximum atomic E-state index is 8.88. The molecule has 0 saturated heterocycles. The average molecular weight is 274 g/mol. The number of pyridine rings is 2. The Kier molecular flexibility index (Phi) is 4.01. The van der Waals surface area contributed by atoms with E-state index in [1.54, 1.807) is 6.20 Å². The van der Waals surface area contributed by atoms with Gasteiger partial charge in [0.2, 0.25) is 0 Å². The number of aryl methyl sites for hydroxylation is 2. The molecule has 5 nitrogen and oxygen atoms in total. The third-order valence-corrected chi connectivity index (χ3v) is 3.50. The number of hydrogen-bond donors (Lipinski definition) is 2. The lowest BCUT2D eigenvalue weighted by Crippen LogP contribution is -2.17. The maximum absolute atomic E-state index is 8.88. The molecule has 2 aromatic heterocycles. The van der Waals surface area contributed by atoms with Gasteiger partial charge in [0.1, 0.15) is 5.03 Å². The smallest absolute Gasteiger partial charge is 0.173 e. The van der Waals surface area contributed by atoms with Crippen LogP contribution < -0.4 is 5.73 Å². The zero-order valence-corrected chi connectivity index (χ0v) is 11.5. The van der Waals surface area contributed by atoms with Crippen LogP contribution in [0.25, 0.3) is 0 Å². The Bertz CT molecular complexity index is 614. The number of nitrogens with zero attached hydrogens (tertiary/aromatic N) is 3. The second kappa shape index (κ2) is 5.71. The highest BCUT2D eigenvalue weighted by atomic mass is 32.2. The highest BCUT2D eigenvalue weighted by Gasteiger charge is 2.14. The van der Waals surface area contributed by atoms with E-state index in [1.165, 1.54) is 11.8 Å². The molecular weight excluding hydrogens is 260 g/mol. The largest absolute Gasteiger partial charge is 0.409 e. The van der Waals surface area contributed by atoms with Crippen molar-refractivity contribution in [3.05, 3.63) is 47.4 Å². The Hall–Kier alpha value is -2.08. The first-order chi connectivity index (χ1) is 9.11. The molecule has 0 unspecified atom stereocenters. The maximum Gasteiger partial charge on any atom is 0.173 e. The van der Waals surface area contributed by atoms with Gasteiger partial charge in [-0.1, -0.05) is 23.0 Å². The molecule has 2 rings (SSSR count). The number of hydrogen-bond acceptors (Lipinski definition) is 5. The van der Waals surface area contributed by atoms with Crippen LogP contribution >= 0.6 is 11.8 Å². The summed E-state index contributed by atoms with van der Waals surface area (Å²) in [7, 11) is 0. The number of amidine groups is 1. The van der Waals surface area contributed by atoms with E-state index in [0.717, 1.165) is 21.3 Å². The van der Waals surface area contributed by atoms with Gasteiger partial charge in [-0.15, -0.1) is 0 Å². The quantitative estimate of drug-likeness (QED) is 0.388. The molecule has 98 valence electrons. The Labute approximate surface area is 115 Å². The van der Waals surface area contributed by atoms with E-state index in [4.69, 9.17) is 10.9 Å². The van der Waals surface area contributed by atoms with Crippen molar-refractivity contribution in [3.8, 4) is 0 Å². The van der Waals surface area contributed by atoms with Crippen molar-refractivity contribution < 1.29 is 5.21 Å². The molecule has 0 radical (unpaired) electrons. The van der Waals surface area contributed by atoms with Crippen LogP contribution in [0.4, 0.5) is 0 Å². The second-order valence-corrected chi connectivity index (χ2v) is 5.04. The first-order valence-corrected chi connectivity index (χ1v) is 6.48. The summed E-state index contributed by atoms with van der Waals surface area (Å²) >= 11 is 1.46. The minimum Gasteiger partial charge on any atom is -0.409 e. The van der Waals surface area contributed by atoms with Crippen molar-refractivity contribution in [2.75, 3.05) is 0 Å². The molecular formula is C13H14N4OS. The van der Waals surface area contributed by atoms with E-state index in [-0.39, 0.29) is 5.84 Å². The number of aromatic nitrogens is 2. The predicted molar refractivity (Wildman–Crippen MR) is 74.6 cm³/mol. The molecule has 0 saturated carbocycles. The van der Waals surface area contributed by atoms with Crippen LogP contribution in [0.3, 0.4) is 0 Å². The van der Waals surface area contributed by atoms with Gasteiger partial charge >= 0.3 is 0 Å². The minimum absolute atomic E-state index is 0.0587. The topological polar surface area (TPSA) is 84.4 Å². The molecule has 3 N–H and O–H groups in total. The molecule has 6 heteroatoms. The van der Waals surface area contributed by atoms with Gasteiger partial charge in [-0.2, -0.15) is 0 Å². The van der Waals surface area contributed by atoms with E-state index in [2.05, 4.69) is 15.1 Å². The van der Waals surface area contributed by atoms with Gasteiger partial charge in [0.05, 0.1) is 5.56 Å². The summed E-state index contributed by atoms with van der Waals surface area (Å²) in [4.78, 5) is 9.47. The highest BCUT2D eigenvalue weighted by Crippen LogP contribution is 2.30. The highest BCUT2D eigenvalue weighted by molar-refractivity contribution is 7.99. The summed E-state index contributed by atoms with van der Waals surface area (Å²) in [6.45, 7) is 3.74. The lowest BCUT2D eigenvalue weighted by atomic mass is 10.1. The molecule has 0 amide bonds. The SMILES string of the molecule is Cc1cc(Sc2ccccn2)c(/C(N)=N/O)c(C)n1. The summed E-state index contributed by atoms with van der Waals surface area (Å²) in [5, 5.41) is 12.8. The first-order valence-electron chi connectivity index (χ1n) is 5.67. The second-order valence-electron chi connectivity index (χ2n) is 3.98. The van der Waals surface area contributed by atoms with E-state index < -0.39 is 0 Å². The van der Waals surface area contributed by atoms with E-state index >= 15 is 0 Å². The van der Waals surface area contributed by atoms with Crippen LogP contribution in [0.1, 0.15) is 17.0 Å². The Morgan fingerprint density at radius 1 is 1.37 bits per heavy atom. The van der Waals surface area contributed by atoms with E-state index in [1.807, 2.05) is 38.1 Å². The van der Waals surface area contributed by atoms with Gasteiger partial charge in [-0.3, -0.25) is 4.98 Å². The third-order valence-electron chi connectivity index (χ3n) is 2.51. The van der Waals surface area contributed by atoms with E-state index in [9.17, 15) is 0 Å². The molecule has 2 heterocycles. The van der Waals surface area contributed by atoms with Crippen molar-refractivity contribution in [3.63, 3.8) is 0 Å². The predicted octanol–water partition coefficient (Wildman–Crippen LogP) is 2.34. The number of nitrogens with two attached hydrogens (primary N) is 1. The standard InChI is InChI=1S/C13H14N4OS/c1-8-7-10(19-11-5-3-4-6-15-11)12(9(2)16-8)13(14)17-18/h3-7,18H,1-2H3,(H2,14,17). The Balaban J connectivity index is 2.49. The zero-order valence-electron chi connectivity index (χ0n) is 10.7. The monoisotopic (exact) mass is 274 g/mol. The summed E-state index contributed by atoms with van der Waals surface area (Å²) in [5.74, 6) is 0.0587. The van der Waals surface area contributed by atoms with Crippen LogP contribution in [0.15, 0.2) is 45.5 Å². The lowest BCUT2D eigenvalue weighted by Gasteiger charge is -2.11. The molecule has 19 heavy (non-hydrogen) atoms. The van der Waals surface area contributed by atoms with Crippen LogP contribution in [0.5, 0.6) is 0 Å². The van der Waals surface area contributed by atoms with Crippen molar-refractivity contribution in [1.82, 2.24) is 9.97 Å². The minimum atomic E-state index is 0.0587. The summed E-state index contributed by atoms with van der Waals surface area (Å²) in [5.41, 5.74) is 7.98. The van der Waals surface area contributed by atoms with Gasteiger partial charge in [0.25, 0.3) is 0 Å². The Morgan fingerprint density at radius 2 is 2.16 bits per heavy atom. The molecule has 0 fully saturated rings. The Morgan fingerprint density at radius 3 is 2.79 bits per heavy atom. The van der Waals surface area contributed by atoms with Crippen molar-refractivity contribution in [1.29, 1.82) is 0 Å². The third kappa shape index (κ3) is 3.03. The summed E-state index contributed by atoms with van der Waals surface area (Å²) in [6.07, 6.45) is 1.73. The van der Waals surface area contributed by atoms with Gasteiger partial charge in [-0.05, 0) is 32.0 Å². The summed E-state index contributed by atoms with van der Waals surface area (Å²) in [6, 6.07) is 7.59. The molecule has 0 bridgehead atoms. The average Bonchev–Trinajstić information content (AvgIpc) is 2.38. The van der Waals surface area contributed by atoms with E-state index in [0.29, 0.717) is 5.56 Å². The fraction of sp³-hybridized carbons (Fsp3) is 0.154. The van der Waals surface area contributed by atoms with Gasteiger partial charge in [-0.25, -0.2) is 4.98 Å². The number of oxime groups is 1. The molecule has 0 aromatic carbocycles. The molecule has 0 aliphatic heterocycles. The van der Waals surface area contributed by atoms with Crippen LogP contribution in [-0.2, 0) is 0 Å². The van der Waals surface area contributed by atoms with Gasteiger partial charge < -0.3 is 10.9 Å². The molecule has 2 aromatic rings. The van der Waals surface area contributed by atoms with Crippen molar-refractivity contribution in [2.24, 2.45) is 10.9 Å². The number of rotatable bonds is 3. The first kappa shape index (κ1) is 13.4. The molecule has 0 aliphatic rings. The van der Waals surface area contributed by atoms with Crippen molar-refractivity contribution in [2.45, 2.75) is 23.8 Å². The van der Waals surface area contributed by atoms with Crippen molar-refractivity contribution >= 4 is 17.6 Å².